The zero-order chi connectivity index (χ0) is 22.3. The zero-order valence-electron chi connectivity index (χ0n) is 17.1. The number of nitrogens with zero attached hydrogens (tertiary/aromatic N) is 1. The van der Waals surface area contributed by atoms with Crippen LogP contribution < -0.4 is 10.0 Å². The quantitative estimate of drug-likeness (QED) is 0.413. The number of aromatic nitrogens is 1. The number of esters is 1. The Labute approximate surface area is 180 Å². The fourth-order valence-electron chi connectivity index (χ4n) is 2.49. The Balaban J connectivity index is 2.20. The summed E-state index contributed by atoms with van der Waals surface area (Å²) in [5, 5.41) is 5.18. The largest absolute Gasteiger partial charge is 0.469 e. The van der Waals surface area contributed by atoms with Gasteiger partial charge in [-0.3, -0.25) is 9.52 Å². The Hall–Kier alpha value is -2.66. The smallest absolute Gasteiger partial charge is 0.408 e. The molecule has 1 atom stereocenters. The standard InChI is InChI=1S/C19H25N3O6S2/c1-19(2,3)28-18(24)21-15(17-20-14(11-29-17)10-16(23)27-4)9-12-5-7-13(8-6-12)22-30(25)26/h5-8,11,15,30H,9-10H2,1-4H3,(H,21,24)(H,22,25,26)/t15-/m0/s1. The molecule has 0 saturated heterocycles. The molecule has 9 nitrogen and oxygen atoms in total. The van der Waals surface area contributed by atoms with Gasteiger partial charge in [0.25, 0.3) is 0 Å². The first-order valence-electron chi connectivity index (χ1n) is 9.06. The van der Waals surface area contributed by atoms with Gasteiger partial charge in [0.15, 0.2) is 0 Å². The van der Waals surface area contributed by atoms with Crippen LogP contribution in [-0.4, -0.2) is 38.2 Å². The molecule has 0 saturated carbocycles. The number of anilines is 1. The predicted molar refractivity (Wildman–Crippen MR) is 114 cm³/mol. The van der Waals surface area contributed by atoms with Gasteiger partial charge < -0.3 is 14.8 Å². The molecule has 1 aromatic carbocycles. The molecule has 0 aliphatic carbocycles. The number of ether oxygens (including phenoxy) is 2. The second kappa shape index (κ2) is 10.4. The fourth-order valence-corrected chi connectivity index (χ4v) is 3.72. The summed E-state index contributed by atoms with van der Waals surface area (Å²) in [5.41, 5.74) is 1.20. The molecule has 0 aliphatic rings. The van der Waals surface area contributed by atoms with E-state index in [1.807, 2.05) is 0 Å². The summed E-state index contributed by atoms with van der Waals surface area (Å²) >= 11 is 1.32. The van der Waals surface area contributed by atoms with Gasteiger partial charge >= 0.3 is 12.1 Å². The highest BCUT2D eigenvalue weighted by atomic mass is 32.2. The maximum atomic E-state index is 12.3. The van der Waals surface area contributed by atoms with Gasteiger partial charge in [0, 0.05) is 11.1 Å². The van der Waals surface area contributed by atoms with Gasteiger partial charge in [-0.05, 0) is 44.9 Å². The Bertz CT molecular complexity index is 940. The van der Waals surface area contributed by atoms with Crippen molar-refractivity contribution in [1.82, 2.24) is 10.3 Å². The molecule has 0 spiro atoms. The summed E-state index contributed by atoms with van der Waals surface area (Å²) in [7, 11) is -1.43. The number of alkyl carbamates (subject to hydrolysis) is 1. The number of hydrogen-bond acceptors (Lipinski definition) is 8. The van der Waals surface area contributed by atoms with Gasteiger partial charge in [-0.15, -0.1) is 11.3 Å². The molecule has 0 bridgehead atoms. The first-order chi connectivity index (χ1) is 14.1. The molecule has 2 aromatic rings. The highest BCUT2D eigenvalue weighted by molar-refractivity contribution is 7.73. The van der Waals surface area contributed by atoms with Crippen LogP contribution in [0.5, 0.6) is 0 Å². The number of thiazole rings is 1. The third kappa shape index (κ3) is 7.99. The highest BCUT2D eigenvalue weighted by Gasteiger charge is 2.23. The van der Waals surface area contributed by atoms with E-state index in [0.717, 1.165) is 5.56 Å². The number of carbonyl (C=O) groups excluding carboxylic acids is 2. The van der Waals surface area contributed by atoms with Crippen LogP contribution >= 0.6 is 11.3 Å². The molecule has 0 unspecified atom stereocenters. The van der Waals surface area contributed by atoms with Crippen LogP contribution in [0.3, 0.4) is 0 Å². The number of thiol groups is 1. The minimum Gasteiger partial charge on any atom is -0.469 e. The van der Waals surface area contributed by atoms with E-state index in [1.54, 1.807) is 50.4 Å². The maximum Gasteiger partial charge on any atom is 0.408 e. The zero-order valence-corrected chi connectivity index (χ0v) is 18.8. The summed E-state index contributed by atoms with van der Waals surface area (Å²) in [5.74, 6) is -0.400. The lowest BCUT2D eigenvalue weighted by atomic mass is 10.1. The molecule has 11 heteroatoms. The molecule has 0 fully saturated rings. The first-order valence-corrected chi connectivity index (χ1v) is 11.1. The first kappa shape index (κ1) is 23.6. The molecule has 30 heavy (non-hydrogen) atoms. The minimum absolute atomic E-state index is 0.0416. The van der Waals surface area contributed by atoms with Gasteiger partial charge in [-0.2, -0.15) is 0 Å². The maximum absolute atomic E-state index is 12.3. The molecule has 1 aromatic heterocycles. The number of amides is 1. The predicted octanol–water partition coefficient (Wildman–Crippen LogP) is 2.61. The SMILES string of the molecule is COC(=O)Cc1csc([C@H](Cc2ccc(N[SH](=O)=O)cc2)NC(=O)OC(C)(C)C)n1. The van der Waals surface area contributed by atoms with Crippen molar-refractivity contribution in [2.45, 2.75) is 45.3 Å². The van der Waals surface area contributed by atoms with E-state index in [9.17, 15) is 18.0 Å². The van der Waals surface area contributed by atoms with Crippen molar-refractivity contribution in [1.29, 1.82) is 0 Å². The summed E-state index contributed by atoms with van der Waals surface area (Å²) in [6, 6.07) is 6.29. The van der Waals surface area contributed by atoms with Crippen molar-refractivity contribution in [2.24, 2.45) is 0 Å². The third-order valence-corrected chi connectivity index (χ3v) is 5.17. The summed E-state index contributed by atoms with van der Waals surface area (Å²) in [6.07, 6.45) is -0.146. The van der Waals surface area contributed by atoms with Crippen molar-refractivity contribution in [3.8, 4) is 0 Å². The number of nitrogens with one attached hydrogen (secondary N) is 2. The molecule has 164 valence electrons. The van der Waals surface area contributed by atoms with Gasteiger partial charge in [-0.1, -0.05) is 12.1 Å². The normalized spacial score (nSPS) is 12.3. The summed E-state index contributed by atoms with van der Waals surface area (Å²) < 4.78 is 33.9. The van der Waals surface area contributed by atoms with E-state index in [-0.39, 0.29) is 6.42 Å². The fraction of sp³-hybridized carbons (Fsp3) is 0.421. The van der Waals surface area contributed by atoms with Gasteiger partial charge in [-0.25, -0.2) is 18.2 Å². The molecule has 2 N–H and O–H groups in total. The van der Waals surface area contributed by atoms with Crippen LogP contribution in [0.4, 0.5) is 10.5 Å². The lowest BCUT2D eigenvalue weighted by Gasteiger charge is -2.23. The number of methoxy groups -OCH3 is 1. The average molecular weight is 456 g/mol. The third-order valence-electron chi connectivity index (χ3n) is 3.73. The van der Waals surface area contributed by atoms with Crippen LogP contribution in [0.1, 0.15) is 43.1 Å². The molecule has 1 heterocycles. The molecule has 0 radical (unpaired) electrons. The topological polar surface area (TPSA) is 124 Å². The van der Waals surface area contributed by atoms with Crippen molar-refractivity contribution in [3.63, 3.8) is 0 Å². The van der Waals surface area contributed by atoms with Crippen LogP contribution in [0.2, 0.25) is 0 Å². The van der Waals surface area contributed by atoms with E-state index in [4.69, 9.17) is 4.74 Å². The van der Waals surface area contributed by atoms with Gasteiger partial charge in [0.05, 0.1) is 25.3 Å². The molecule has 2 rings (SSSR count). The number of rotatable bonds is 8. The lowest BCUT2D eigenvalue weighted by Crippen LogP contribution is -2.35. The van der Waals surface area contributed by atoms with Crippen molar-refractivity contribution >= 4 is 40.0 Å². The van der Waals surface area contributed by atoms with Crippen LogP contribution in [0, 0.1) is 0 Å². The van der Waals surface area contributed by atoms with Crippen LogP contribution in [0.25, 0.3) is 0 Å². The van der Waals surface area contributed by atoms with Crippen molar-refractivity contribution in [3.05, 3.63) is 45.9 Å². The number of hydrogen-bond donors (Lipinski definition) is 3. The van der Waals surface area contributed by atoms with Crippen LogP contribution in [0.15, 0.2) is 29.6 Å². The Morgan fingerprint density at radius 3 is 2.43 bits per heavy atom. The van der Waals surface area contributed by atoms with Crippen molar-refractivity contribution < 1.29 is 27.5 Å². The Kier molecular flexibility index (Phi) is 8.18. The van der Waals surface area contributed by atoms with E-state index < -0.39 is 34.6 Å². The van der Waals surface area contributed by atoms with E-state index in [0.29, 0.717) is 22.8 Å². The van der Waals surface area contributed by atoms with E-state index >= 15 is 0 Å². The molecule has 0 aliphatic heterocycles. The molecular formula is C19H25N3O6S2. The Morgan fingerprint density at radius 2 is 1.87 bits per heavy atom. The Morgan fingerprint density at radius 1 is 1.20 bits per heavy atom. The van der Waals surface area contributed by atoms with E-state index in [1.165, 1.54) is 18.4 Å². The molecular weight excluding hydrogens is 430 g/mol. The second-order valence-electron chi connectivity index (χ2n) is 7.40. The monoisotopic (exact) mass is 455 g/mol. The van der Waals surface area contributed by atoms with Crippen molar-refractivity contribution in [2.75, 3.05) is 11.8 Å². The summed E-state index contributed by atoms with van der Waals surface area (Å²) in [4.78, 5) is 28.3. The minimum atomic E-state index is -2.74. The van der Waals surface area contributed by atoms with E-state index in [2.05, 4.69) is 19.8 Å². The van der Waals surface area contributed by atoms with Gasteiger partial charge in [0.2, 0.25) is 10.9 Å². The average Bonchev–Trinajstić information content (AvgIpc) is 3.09. The van der Waals surface area contributed by atoms with Gasteiger partial charge in [0.1, 0.15) is 10.6 Å². The number of benzene rings is 1. The summed E-state index contributed by atoms with van der Waals surface area (Å²) in [6.45, 7) is 5.31. The molecule has 1 amide bonds. The number of carbonyl (C=O) groups is 2. The lowest BCUT2D eigenvalue weighted by molar-refractivity contribution is -0.139. The second-order valence-corrected chi connectivity index (χ2v) is 9.03. The highest BCUT2D eigenvalue weighted by Crippen LogP contribution is 2.24. The van der Waals surface area contributed by atoms with Crippen LogP contribution in [-0.2, 0) is 38.0 Å².